The summed E-state index contributed by atoms with van der Waals surface area (Å²) in [5, 5.41) is 7.53. The first kappa shape index (κ1) is 23.3. The first-order valence-electron chi connectivity index (χ1n) is 10.4. The Bertz CT molecular complexity index is 1220. The van der Waals surface area contributed by atoms with Gasteiger partial charge in [0.15, 0.2) is 0 Å². The summed E-state index contributed by atoms with van der Waals surface area (Å²) >= 11 is 0. The Morgan fingerprint density at radius 2 is 1.58 bits per heavy atom. The third-order valence-corrected chi connectivity index (χ3v) is 4.81. The number of hydrogen-bond donors (Lipinski definition) is 2. The van der Waals surface area contributed by atoms with E-state index in [-0.39, 0.29) is 12.5 Å². The summed E-state index contributed by atoms with van der Waals surface area (Å²) in [7, 11) is 3.51. The van der Waals surface area contributed by atoms with E-state index in [1.807, 2.05) is 92.0 Å². The molecule has 0 atom stereocenters. The highest BCUT2D eigenvalue weighted by Crippen LogP contribution is 2.30. The summed E-state index contributed by atoms with van der Waals surface area (Å²) in [6.45, 7) is 0.0437. The number of ether oxygens (including phenoxy) is 2. The number of nitrogens with one attached hydrogen (secondary N) is 2. The number of para-hydroxylation sites is 2. The summed E-state index contributed by atoms with van der Waals surface area (Å²) in [5.74, 6) is 2.11. The Kier molecular flexibility index (Phi) is 8.42. The number of rotatable bonds is 7. The Labute approximate surface area is 193 Å². The van der Waals surface area contributed by atoms with Crippen molar-refractivity contribution in [3.05, 3.63) is 96.6 Å². The van der Waals surface area contributed by atoms with E-state index in [4.69, 9.17) is 9.47 Å². The minimum atomic E-state index is -0.219. The number of fused-ring (bicyclic) bond motifs is 1. The van der Waals surface area contributed by atoms with E-state index in [2.05, 4.69) is 10.6 Å². The van der Waals surface area contributed by atoms with E-state index in [0.29, 0.717) is 11.8 Å². The van der Waals surface area contributed by atoms with Crippen LogP contribution >= 0.6 is 0 Å². The molecule has 4 aromatic carbocycles. The highest BCUT2D eigenvalue weighted by molar-refractivity contribution is 6.07. The van der Waals surface area contributed by atoms with Crippen molar-refractivity contribution in [2.75, 3.05) is 26.0 Å². The molecule has 0 aromatic heterocycles. The molecule has 168 valence electrons. The second kappa shape index (κ2) is 11.9. The fraction of sp³-hybridized carbons (Fsp3) is 0.111. The highest BCUT2D eigenvalue weighted by Gasteiger charge is 2.08. The third-order valence-electron chi connectivity index (χ3n) is 4.81. The molecule has 6 heteroatoms. The molecule has 0 aliphatic rings. The molecule has 33 heavy (non-hydrogen) atoms. The van der Waals surface area contributed by atoms with Crippen LogP contribution in [0, 0.1) is 0 Å². The van der Waals surface area contributed by atoms with Gasteiger partial charge in [-0.05, 0) is 41.1 Å². The van der Waals surface area contributed by atoms with E-state index in [9.17, 15) is 9.59 Å². The normalized spacial score (nSPS) is 9.88. The molecular weight excluding hydrogens is 416 g/mol. The predicted molar refractivity (Wildman–Crippen MR) is 131 cm³/mol. The van der Waals surface area contributed by atoms with Crippen molar-refractivity contribution >= 4 is 28.7 Å². The number of benzene rings is 4. The first-order valence-corrected chi connectivity index (χ1v) is 10.4. The van der Waals surface area contributed by atoms with Gasteiger partial charge in [-0.15, -0.1) is 0 Å². The van der Waals surface area contributed by atoms with Crippen LogP contribution in [-0.4, -0.2) is 32.9 Å². The Morgan fingerprint density at radius 3 is 2.36 bits per heavy atom. The maximum absolute atomic E-state index is 11.7. The molecule has 2 N–H and O–H groups in total. The van der Waals surface area contributed by atoms with Crippen molar-refractivity contribution in [3.63, 3.8) is 0 Å². The van der Waals surface area contributed by atoms with E-state index in [1.165, 1.54) is 0 Å². The summed E-state index contributed by atoms with van der Waals surface area (Å²) in [6, 6.07) is 28.5. The quantitative estimate of drug-likeness (QED) is 0.380. The standard InChI is InChI=1S/C14H15NO2.C13H11NO2/c1-15-13-8-3-4-9-14(13)17-12-7-5-6-11(10-12)16-2;15-9-8-14-13(16)12-7-3-5-10-4-1-2-6-11(10)12/h3-10,15H,1-2H3;1-7,9H,8H2,(H,14,16). The number of carbonyl (C=O) groups excluding carboxylic acids is 2. The number of amides is 1. The van der Waals surface area contributed by atoms with Crippen LogP contribution in [0.1, 0.15) is 10.4 Å². The van der Waals surface area contributed by atoms with Crippen LogP contribution in [0.15, 0.2) is 91.0 Å². The summed E-state index contributed by atoms with van der Waals surface area (Å²) in [5.41, 5.74) is 1.55. The molecule has 4 rings (SSSR count). The van der Waals surface area contributed by atoms with E-state index in [1.54, 1.807) is 13.2 Å². The van der Waals surface area contributed by atoms with Crippen molar-refractivity contribution in [2.24, 2.45) is 0 Å². The van der Waals surface area contributed by atoms with Gasteiger partial charge in [-0.1, -0.05) is 54.6 Å². The van der Waals surface area contributed by atoms with Gasteiger partial charge in [-0.25, -0.2) is 0 Å². The van der Waals surface area contributed by atoms with Gasteiger partial charge in [0.25, 0.3) is 5.91 Å². The Balaban J connectivity index is 0.000000186. The van der Waals surface area contributed by atoms with Crippen LogP contribution in [0.25, 0.3) is 10.8 Å². The lowest BCUT2D eigenvalue weighted by Crippen LogP contribution is -2.25. The number of anilines is 1. The first-order chi connectivity index (χ1) is 16.2. The zero-order chi connectivity index (χ0) is 23.5. The SMILES string of the molecule is CNc1ccccc1Oc1cccc(OC)c1.O=CCNC(=O)c1cccc2ccccc12. The third kappa shape index (κ3) is 6.33. The van der Waals surface area contributed by atoms with Crippen LogP contribution in [0.5, 0.6) is 17.2 Å². The zero-order valence-corrected chi connectivity index (χ0v) is 18.6. The molecule has 1 amide bonds. The molecule has 0 unspecified atom stereocenters. The summed E-state index contributed by atoms with van der Waals surface area (Å²) in [6.07, 6.45) is 0.670. The molecule has 0 saturated carbocycles. The molecular formula is C27H26N2O4. The van der Waals surface area contributed by atoms with Gasteiger partial charge in [0.2, 0.25) is 0 Å². The lowest BCUT2D eigenvalue weighted by molar-refractivity contribution is -0.107. The number of aldehydes is 1. The van der Waals surface area contributed by atoms with Crippen molar-refractivity contribution in [1.29, 1.82) is 0 Å². The lowest BCUT2D eigenvalue weighted by Gasteiger charge is -2.11. The van der Waals surface area contributed by atoms with Crippen molar-refractivity contribution in [1.82, 2.24) is 5.32 Å². The number of hydrogen-bond acceptors (Lipinski definition) is 5. The van der Waals surface area contributed by atoms with Gasteiger partial charge >= 0.3 is 0 Å². The average molecular weight is 443 g/mol. The monoisotopic (exact) mass is 442 g/mol. The molecule has 0 aliphatic carbocycles. The smallest absolute Gasteiger partial charge is 0.252 e. The fourth-order valence-electron chi connectivity index (χ4n) is 3.21. The van der Waals surface area contributed by atoms with Gasteiger partial charge in [0, 0.05) is 18.7 Å². The van der Waals surface area contributed by atoms with Crippen LogP contribution < -0.4 is 20.1 Å². The molecule has 0 bridgehead atoms. The Hall–Kier alpha value is -4.32. The van der Waals surface area contributed by atoms with Crippen molar-refractivity contribution in [3.8, 4) is 17.2 Å². The van der Waals surface area contributed by atoms with E-state index >= 15 is 0 Å². The molecule has 0 saturated heterocycles. The van der Waals surface area contributed by atoms with Gasteiger partial charge in [0.05, 0.1) is 19.3 Å². The van der Waals surface area contributed by atoms with E-state index in [0.717, 1.165) is 33.7 Å². The Morgan fingerprint density at radius 1 is 0.879 bits per heavy atom. The fourth-order valence-corrected chi connectivity index (χ4v) is 3.21. The summed E-state index contributed by atoms with van der Waals surface area (Å²) < 4.78 is 11.0. The average Bonchev–Trinajstić information content (AvgIpc) is 2.87. The van der Waals surface area contributed by atoms with Gasteiger partial charge < -0.3 is 24.9 Å². The largest absolute Gasteiger partial charge is 0.497 e. The second-order valence-corrected chi connectivity index (χ2v) is 6.93. The molecule has 6 nitrogen and oxygen atoms in total. The second-order valence-electron chi connectivity index (χ2n) is 6.93. The maximum Gasteiger partial charge on any atom is 0.252 e. The number of carbonyl (C=O) groups is 2. The lowest BCUT2D eigenvalue weighted by atomic mass is 10.0. The van der Waals surface area contributed by atoms with Gasteiger partial charge in [0.1, 0.15) is 23.5 Å². The van der Waals surface area contributed by atoms with Gasteiger partial charge in [-0.2, -0.15) is 0 Å². The van der Waals surface area contributed by atoms with Crippen LogP contribution in [-0.2, 0) is 4.79 Å². The minimum Gasteiger partial charge on any atom is -0.497 e. The number of methoxy groups -OCH3 is 1. The molecule has 0 fully saturated rings. The van der Waals surface area contributed by atoms with Crippen LogP contribution in [0.3, 0.4) is 0 Å². The van der Waals surface area contributed by atoms with Gasteiger partial charge in [-0.3, -0.25) is 4.79 Å². The molecule has 0 radical (unpaired) electrons. The molecule has 0 heterocycles. The zero-order valence-electron chi connectivity index (χ0n) is 18.6. The predicted octanol–water partition coefficient (Wildman–Crippen LogP) is 5.30. The molecule has 4 aromatic rings. The van der Waals surface area contributed by atoms with Crippen molar-refractivity contribution < 1.29 is 19.1 Å². The van der Waals surface area contributed by atoms with Crippen LogP contribution in [0.4, 0.5) is 5.69 Å². The minimum absolute atomic E-state index is 0.0437. The van der Waals surface area contributed by atoms with E-state index < -0.39 is 0 Å². The molecule has 0 spiro atoms. The van der Waals surface area contributed by atoms with Crippen LogP contribution in [0.2, 0.25) is 0 Å². The molecule has 0 aliphatic heterocycles. The van der Waals surface area contributed by atoms with Crippen molar-refractivity contribution in [2.45, 2.75) is 0 Å². The topological polar surface area (TPSA) is 76.7 Å². The maximum atomic E-state index is 11.7. The summed E-state index contributed by atoms with van der Waals surface area (Å²) in [4.78, 5) is 21.9. The highest BCUT2D eigenvalue weighted by atomic mass is 16.5.